The van der Waals surface area contributed by atoms with Crippen molar-refractivity contribution in [3.05, 3.63) is 23.3 Å². The highest BCUT2D eigenvalue weighted by Crippen LogP contribution is 2.72. The van der Waals surface area contributed by atoms with Crippen LogP contribution < -0.4 is 0 Å². The molecule has 3 N–H and O–H groups in total. The zero-order chi connectivity index (χ0) is 26.1. The fourth-order valence-corrected chi connectivity index (χ4v) is 9.64. The molecule has 0 amide bonds. The van der Waals surface area contributed by atoms with E-state index in [1.807, 2.05) is 0 Å². The second-order valence-electron chi connectivity index (χ2n) is 14.2. The van der Waals surface area contributed by atoms with E-state index in [4.69, 9.17) is 0 Å². The van der Waals surface area contributed by atoms with Crippen LogP contribution in [0.25, 0.3) is 0 Å². The van der Waals surface area contributed by atoms with Crippen molar-refractivity contribution < 1.29 is 20.1 Å². The van der Waals surface area contributed by atoms with Crippen molar-refractivity contribution in [3.63, 3.8) is 0 Å². The van der Waals surface area contributed by atoms with E-state index >= 15 is 0 Å². The van der Waals surface area contributed by atoms with E-state index in [2.05, 4.69) is 55.0 Å². The van der Waals surface area contributed by atoms with Gasteiger partial charge in [0.05, 0.1) is 18.1 Å². The van der Waals surface area contributed by atoms with E-state index in [0.29, 0.717) is 24.7 Å². The van der Waals surface area contributed by atoms with E-state index in [1.165, 1.54) is 5.57 Å². The Hall–Kier alpha value is -1.13. The van der Waals surface area contributed by atoms with Gasteiger partial charge < -0.3 is 15.3 Å². The van der Waals surface area contributed by atoms with Gasteiger partial charge in [-0.15, -0.1) is 0 Å². The fourth-order valence-electron chi connectivity index (χ4n) is 9.64. The first-order valence-electron chi connectivity index (χ1n) is 14.1. The van der Waals surface area contributed by atoms with Crippen LogP contribution in [0.2, 0.25) is 0 Å². The molecule has 0 spiro atoms. The lowest BCUT2D eigenvalue weighted by atomic mass is 9.43. The van der Waals surface area contributed by atoms with Crippen LogP contribution in [0.3, 0.4) is 0 Å². The summed E-state index contributed by atoms with van der Waals surface area (Å²) >= 11 is 0. The van der Waals surface area contributed by atoms with Gasteiger partial charge in [-0.2, -0.15) is 0 Å². The van der Waals surface area contributed by atoms with E-state index < -0.39 is 18.2 Å². The number of carbonyl (C=O) groups is 1. The third-order valence-electron chi connectivity index (χ3n) is 12.2. The summed E-state index contributed by atoms with van der Waals surface area (Å²) in [6, 6.07) is 0. The summed E-state index contributed by atoms with van der Waals surface area (Å²) in [5.41, 5.74) is 3.82. The van der Waals surface area contributed by atoms with Crippen molar-refractivity contribution in [2.24, 2.45) is 45.3 Å². The smallest absolute Gasteiger partial charge is 0.306 e. The standard InChI is InChI=1S/C31H50O4/c1-18(2)19(3)9-10-20(27(34)35)21-13-15-31(8)23-11-12-25-28(4,5)26(33)24(32)17-29(25,6)22(23)14-16-30(21,31)7/h18,20-21,24-26,32-33H,3,9-17H2,1-2,4-8H3,(H,34,35)/t20-,21-,24+,25+,26+,29-,30-,31+/m1/s1. The SMILES string of the molecule is C=C(CC[C@@H](C(=O)O)[C@H]1CC[C@@]2(C)C3=C(CC[C@]12C)[C@@]1(C)C[C@H](O)[C@H](O)C(C)(C)[C@@H]1CC3)C(C)C. The summed E-state index contributed by atoms with van der Waals surface area (Å²) in [6.07, 6.45) is 6.86. The van der Waals surface area contributed by atoms with Crippen molar-refractivity contribution in [3.8, 4) is 0 Å². The van der Waals surface area contributed by atoms with Gasteiger partial charge in [-0.1, -0.05) is 71.8 Å². The lowest BCUT2D eigenvalue weighted by Crippen LogP contribution is -2.59. The molecule has 4 aliphatic rings. The first-order valence-corrected chi connectivity index (χ1v) is 14.1. The van der Waals surface area contributed by atoms with Crippen LogP contribution in [0.15, 0.2) is 23.3 Å². The van der Waals surface area contributed by atoms with Crippen molar-refractivity contribution >= 4 is 5.97 Å². The maximum Gasteiger partial charge on any atom is 0.306 e. The summed E-state index contributed by atoms with van der Waals surface area (Å²) in [7, 11) is 0. The molecular formula is C31H50O4. The number of rotatable bonds is 6. The first kappa shape index (κ1) is 26.9. The average Bonchev–Trinajstić information content (AvgIpc) is 3.03. The van der Waals surface area contributed by atoms with Crippen LogP contribution in [-0.2, 0) is 4.79 Å². The van der Waals surface area contributed by atoms with Crippen molar-refractivity contribution in [1.82, 2.24) is 0 Å². The van der Waals surface area contributed by atoms with Gasteiger partial charge in [0.2, 0.25) is 0 Å². The minimum Gasteiger partial charge on any atom is -0.481 e. The fraction of sp³-hybridized carbons (Fsp3) is 0.839. The number of aliphatic hydroxyl groups excluding tert-OH is 2. The maximum absolute atomic E-state index is 12.6. The molecule has 4 nitrogen and oxygen atoms in total. The summed E-state index contributed by atoms with van der Waals surface area (Å²) < 4.78 is 0. The Labute approximate surface area is 213 Å². The molecule has 198 valence electrons. The Morgan fingerprint density at radius 2 is 1.69 bits per heavy atom. The Balaban J connectivity index is 1.69. The largest absolute Gasteiger partial charge is 0.481 e. The molecule has 0 aromatic carbocycles. The van der Waals surface area contributed by atoms with E-state index in [0.717, 1.165) is 50.5 Å². The van der Waals surface area contributed by atoms with Gasteiger partial charge in [0.1, 0.15) is 0 Å². The monoisotopic (exact) mass is 486 g/mol. The Kier molecular flexibility index (Phi) is 6.71. The number of aliphatic hydroxyl groups is 2. The molecule has 4 rings (SSSR count). The third kappa shape index (κ3) is 3.79. The zero-order valence-electron chi connectivity index (χ0n) is 23.3. The predicted octanol–water partition coefficient (Wildman–Crippen LogP) is 6.76. The van der Waals surface area contributed by atoms with Gasteiger partial charge in [-0.25, -0.2) is 0 Å². The molecule has 0 bridgehead atoms. The summed E-state index contributed by atoms with van der Waals surface area (Å²) in [5.74, 6) is -0.0396. The highest BCUT2D eigenvalue weighted by Gasteiger charge is 2.65. The predicted molar refractivity (Wildman–Crippen MR) is 141 cm³/mol. The molecule has 4 heteroatoms. The van der Waals surface area contributed by atoms with E-state index in [9.17, 15) is 20.1 Å². The van der Waals surface area contributed by atoms with Gasteiger partial charge in [0.15, 0.2) is 0 Å². The number of fused-ring (bicyclic) bond motifs is 4. The Morgan fingerprint density at radius 3 is 2.29 bits per heavy atom. The summed E-state index contributed by atoms with van der Waals surface area (Å²) in [4.78, 5) is 12.6. The molecule has 4 aliphatic carbocycles. The van der Waals surface area contributed by atoms with E-state index in [-0.39, 0.29) is 33.5 Å². The molecule has 35 heavy (non-hydrogen) atoms. The number of carboxylic acids is 1. The molecule has 2 fully saturated rings. The van der Waals surface area contributed by atoms with Crippen LogP contribution in [0.4, 0.5) is 0 Å². The Bertz CT molecular complexity index is 915. The highest BCUT2D eigenvalue weighted by molar-refractivity contribution is 5.70. The summed E-state index contributed by atoms with van der Waals surface area (Å²) in [5, 5.41) is 32.0. The number of allylic oxidation sites excluding steroid dienone is 3. The minimum absolute atomic E-state index is 0.00709. The van der Waals surface area contributed by atoms with Crippen LogP contribution in [0.1, 0.15) is 106 Å². The molecule has 0 unspecified atom stereocenters. The maximum atomic E-state index is 12.6. The lowest BCUT2D eigenvalue weighted by molar-refractivity contribution is -0.158. The van der Waals surface area contributed by atoms with Gasteiger partial charge in [0, 0.05) is 0 Å². The molecule has 8 atom stereocenters. The van der Waals surface area contributed by atoms with Gasteiger partial charge in [-0.3, -0.25) is 4.79 Å². The van der Waals surface area contributed by atoms with Crippen LogP contribution in [-0.4, -0.2) is 33.5 Å². The number of aliphatic carboxylic acids is 1. The van der Waals surface area contributed by atoms with Crippen molar-refractivity contribution in [2.75, 3.05) is 0 Å². The molecule has 2 saturated carbocycles. The zero-order valence-corrected chi connectivity index (χ0v) is 23.3. The van der Waals surface area contributed by atoms with E-state index in [1.54, 1.807) is 5.57 Å². The average molecular weight is 487 g/mol. The lowest BCUT2D eigenvalue weighted by Gasteiger charge is -2.62. The normalized spacial score (nSPS) is 43.4. The number of carboxylic acid groups (broad SMARTS) is 1. The van der Waals surface area contributed by atoms with Crippen LogP contribution in [0, 0.1) is 45.3 Å². The van der Waals surface area contributed by atoms with Gasteiger partial charge in [-0.05, 0) is 97.2 Å². The topological polar surface area (TPSA) is 77.8 Å². The van der Waals surface area contributed by atoms with Crippen molar-refractivity contribution in [2.45, 2.75) is 118 Å². The summed E-state index contributed by atoms with van der Waals surface area (Å²) in [6.45, 7) is 19.9. The molecular weight excluding hydrogens is 436 g/mol. The third-order valence-corrected chi connectivity index (χ3v) is 12.2. The molecule has 0 aliphatic heterocycles. The highest BCUT2D eigenvalue weighted by atomic mass is 16.4. The molecule has 0 heterocycles. The second-order valence-corrected chi connectivity index (χ2v) is 14.2. The molecule has 0 saturated heterocycles. The second kappa shape index (κ2) is 8.72. The van der Waals surface area contributed by atoms with Crippen LogP contribution in [0.5, 0.6) is 0 Å². The van der Waals surface area contributed by atoms with Crippen LogP contribution >= 0.6 is 0 Å². The molecule has 0 aromatic heterocycles. The van der Waals surface area contributed by atoms with Crippen molar-refractivity contribution in [1.29, 1.82) is 0 Å². The van der Waals surface area contributed by atoms with Gasteiger partial charge in [0.25, 0.3) is 0 Å². The molecule has 0 radical (unpaired) electrons. The number of hydrogen-bond acceptors (Lipinski definition) is 3. The van der Waals surface area contributed by atoms with Gasteiger partial charge >= 0.3 is 5.97 Å². The Morgan fingerprint density at radius 1 is 1.03 bits per heavy atom. The molecule has 0 aromatic rings. The minimum atomic E-state index is -0.694. The quantitative estimate of drug-likeness (QED) is 0.362. The number of hydrogen-bond donors (Lipinski definition) is 3. The first-order chi connectivity index (χ1) is 16.1.